The van der Waals surface area contributed by atoms with Crippen LogP contribution < -0.4 is 5.73 Å². The number of hydrogen-bond acceptors (Lipinski definition) is 5. The van der Waals surface area contributed by atoms with Gasteiger partial charge < -0.3 is 15.0 Å². The monoisotopic (exact) mass is 269 g/mol. The SMILES string of the molecule is NCCOCc1nc(Cc2cc(F)cc(F)c2)no1. The third-order valence-corrected chi connectivity index (χ3v) is 2.28. The van der Waals surface area contributed by atoms with E-state index in [1.54, 1.807) is 0 Å². The maximum Gasteiger partial charge on any atom is 0.252 e. The fourth-order valence-corrected chi connectivity index (χ4v) is 1.56. The summed E-state index contributed by atoms with van der Waals surface area (Å²) in [6.45, 7) is 0.970. The fraction of sp³-hybridized carbons (Fsp3) is 0.333. The van der Waals surface area contributed by atoms with Crippen molar-refractivity contribution in [2.75, 3.05) is 13.2 Å². The quantitative estimate of drug-likeness (QED) is 0.803. The molecule has 7 heteroatoms. The van der Waals surface area contributed by atoms with E-state index in [2.05, 4.69) is 10.1 Å². The van der Waals surface area contributed by atoms with Crippen LogP contribution in [0, 0.1) is 11.6 Å². The second-order valence-corrected chi connectivity index (χ2v) is 3.90. The van der Waals surface area contributed by atoms with Crippen molar-refractivity contribution in [3.8, 4) is 0 Å². The standard InChI is InChI=1S/C12H13F2N3O2/c13-9-3-8(4-10(14)6-9)5-11-16-12(19-17-11)7-18-2-1-15/h3-4,6H,1-2,5,7,15H2. The summed E-state index contributed by atoms with van der Waals surface area (Å²) in [5.74, 6) is -0.619. The van der Waals surface area contributed by atoms with Crippen LogP contribution in [0.4, 0.5) is 8.78 Å². The topological polar surface area (TPSA) is 74.2 Å². The van der Waals surface area contributed by atoms with Gasteiger partial charge in [0.2, 0.25) is 0 Å². The number of halogens is 2. The van der Waals surface area contributed by atoms with E-state index in [4.69, 9.17) is 15.0 Å². The third kappa shape index (κ3) is 4.08. The van der Waals surface area contributed by atoms with Crippen molar-refractivity contribution in [3.05, 3.63) is 47.1 Å². The molecule has 0 aliphatic rings. The Hall–Kier alpha value is -1.86. The Bertz CT molecular complexity index is 525. The minimum absolute atomic E-state index is 0.168. The van der Waals surface area contributed by atoms with E-state index in [-0.39, 0.29) is 13.0 Å². The van der Waals surface area contributed by atoms with E-state index in [0.29, 0.717) is 30.4 Å². The number of hydrogen-bond donors (Lipinski definition) is 1. The van der Waals surface area contributed by atoms with Gasteiger partial charge in [0.15, 0.2) is 5.82 Å². The molecular formula is C12H13F2N3O2. The van der Waals surface area contributed by atoms with Gasteiger partial charge >= 0.3 is 0 Å². The van der Waals surface area contributed by atoms with Crippen LogP contribution in [0.3, 0.4) is 0 Å². The first kappa shape index (κ1) is 13.6. The molecule has 5 nitrogen and oxygen atoms in total. The van der Waals surface area contributed by atoms with Crippen molar-refractivity contribution < 1.29 is 18.0 Å². The molecule has 0 saturated heterocycles. The fourth-order valence-electron chi connectivity index (χ4n) is 1.56. The number of rotatable bonds is 6. The Kier molecular flexibility index (Phi) is 4.53. The molecule has 0 atom stereocenters. The van der Waals surface area contributed by atoms with Crippen molar-refractivity contribution in [1.29, 1.82) is 0 Å². The van der Waals surface area contributed by atoms with Gasteiger partial charge in [-0.25, -0.2) is 8.78 Å². The first-order valence-corrected chi connectivity index (χ1v) is 5.71. The first-order chi connectivity index (χ1) is 9.17. The molecule has 0 fully saturated rings. The second-order valence-electron chi connectivity index (χ2n) is 3.90. The number of benzene rings is 1. The van der Waals surface area contributed by atoms with Crippen molar-refractivity contribution in [3.63, 3.8) is 0 Å². The van der Waals surface area contributed by atoms with E-state index in [9.17, 15) is 8.78 Å². The van der Waals surface area contributed by atoms with Crippen LogP contribution in [0.15, 0.2) is 22.7 Å². The molecule has 0 amide bonds. The van der Waals surface area contributed by atoms with Crippen LogP contribution in [0.1, 0.15) is 17.3 Å². The number of aromatic nitrogens is 2. The van der Waals surface area contributed by atoms with Crippen molar-refractivity contribution in [2.24, 2.45) is 5.73 Å². The lowest BCUT2D eigenvalue weighted by Gasteiger charge is -1.98. The Morgan fingerprint density at radius 3 is 2.63 bits per heavy atom. The summed E-state index contributed by atoms with van der Waals surface area (Å²) in [5, 5.41) is 3.71. The van der Waals surface area contributed by atoms with Crippen molar-refractivity contribution in [2.45, 2.75) is 13.0 Å². The average Bonchev–Trinajstić information content (AvgIpc) is 2.76. The molecule has 19 heavy (non-hydrogen) atoms. The van der Waals surface area contributed by atoms with E-state index in [0.717, 1.165) is 6.07 Å². The van der Waals surface area contributed by atoms with Gasteiger partial charge in [0.25, 0.3) is 5.89 Å². The first-order valence-electron chi connectivity index (χ1n) is 5.71. The summed E-state index contributed by atoms with van der Waals surface area (Å²) < 4.78 is 36.1. The van der Waals surface area contributed by atoms with Gasteiger partial charge in [-0.15, -0.1) is 0 Å². The number of nitrogens with two attached hydrogens (primary N) is 1. The summed E-state index contributed by atoms with van der Waals surface area (Å²) in [5.41, 5.74) is 5.70. The minimum atomic E-state index is -0.634. The highest BCUT2D eigenvalue weighted by atomic mass is 19.1. The van der Waals surface area contributed by atoms with Gasteiger partial charge in [0.05, 0.1) is 6.61 Å². The largest absolute Gasteiger partial charge is 0.370 e. The van der Waals surface area contributed by atoms with Gasteiger partial charge in [-0.2, -0.15) is 4.98 Å². The van der Waals surface area contributed by atoms with Crippen molar-refractivity contribution >= 4 is 0 Å². The lowest BCUT2D eigenvalue weighted by atomic mass is 10.1. The highest BCUT2D eigenvalue weighted by Gasteiger charge is 2.09. The van der Waals surface area contributed by atoms with Gasteiger partial charge in [-0.3, -0.25) is 0 Å². The second kappa shape index (κ2) is 6.35. The lowest BCUT2D eigenvalue weighted by molar-refractivity contribution is 0.104. The van der Waals surface area contributed by atoms with E-state index in [1.165, 1.54) is 12.1 Å². The Balaban J connectivity index is 1.99. The molecule has 0 saturated carbocycles. The van der Waals surface area contributed by atoms with Crippen LogP contribution in [0.25, 0.3) is 0 Å². The molecule has 1 heterocycles. The molecule has 102 valence electrons. The molecule has 1 aromatic carbocycles. The molecule has 0 aliphatic heterocycles. The highest BCUT2D eigenvalue weighted by molar-refractivity contribution is 5.20. The smallest absolute Gasteiger partial charge is 0.252 e. The summed E-state index contributed by atoms with van der Waals surface area (Å²) >= 11 is 0. The molecule has 2 rings (SSSR count). The molecule has 2 N–H and O–H groups in total. The molecular weight excluding hydrogens is 256 g/mol. The number of nitrogens with zero attached hydrogens (tertiary/aromatic N) is 2. The molecule has 0 bridgehead atoms. The Morgan fingerprint density at radius 2 is 1.95 bits per heavy atom. The zero-order valence-electron chi connectivity index (χ0n) is 10.1. The lowest BCUT2D eigenvalue weighted by Crippen LogP contribution is -2.08. The van der Waals surface area contributed by atoms with Gasteiger partial charge in [-0.05, 0) is 17.7 Å². The molecule has 0 unspecified atom stereocenters. The predicted octanol–water partition coefficient (Wildman–Crippen LogP) is 1.41. The molecule has 0 radical (unpaired) electrons. The summed E-state index contributed by atoms with van der Waals surface area (Å²) in [7, 11) is 0. The molecule has 0 aliphatic carbocycles. The average molecular weight is 269 g/mol. The summed E-state index contributed by atoms with van der Waals surface area (Å²) in [6, 6.07) is 3.26. The Morgan fingerprint density at radius 1 is 1.21 bits per heavy atom. The third-order valence-electron chi connectivity index (χ3n) is 2.28. The maximum absolute atomic E-state index is 13.0. The normalized spacial score (nSPS) is 10.9. The van der Waals surface area contributed by atoms with Crippen LogP contribution in [-0.2, 0) is 17.8 Å². The zero-order valence-corrected chi connectivity index (χ0v) is 10.1. The van der Waals surface area contributed by atoms with E-state index < -0.39 is 11.6 Å². The number of ether oxygens (including phenoxy) is 1. The summed E-state index contributed by atoms with van der Waals surface area (Å²) in [6.07, 6.45) is 0.190. The van der Waals surface area contributed by atoms with Crippen LogP contribution in [-0.4, -0.2) is 23.3 Å². The molecule has 1 aromatic heterocycles. The van der Waals surface area contributed by atoms with E-state index in [1.807, 2.05) is 0 Å². The zero-order chi connectivity index (χ0) is 13.7. The highest BCUT2D eigenvalue weighted by Crippen LogP contribution is 2.11. The summed E-state index contributed by atoms with van der Waals surface area (Å²) in [4.78, 5) is 4.05. The van der Waals surface area contributed by atoms with Gasteiger partial charge in [0.1, 0.15) is 18.2 Å². The molecule has 0 spiro atoms. The maximum atomic E-state index is 13.0. The Labute approximate surface area is 108 Å². The molecule has 2 aromatic rings. The van der Waals surface area contributed by atoms with Crippen LogP contribution in [0.2, 0.25) is 0 Å². The van der Waals surface area contributed by atoms with Crippen LogP contribution >= 0.6 is 0 Å². The van der Waals surface area contributed by atoms with Gasteiger partial charge in [0, 0.05) is 19.0 Å². The van der Waals surface area contributed by atoms with E-state index >= 15 is 0 Å². The predicted molar refractivity (Wildman–Crippen MR) is 62.2 cm³/mol. The van der Waals surface area contributed by atoms with Crippen LogP contribution in [0.5, 0.6) is 0 Å². The van der Waals surface area contributed by atoms with Gasteiger partial charge in [-0.1, -0.05) is 5.16 Å². The minimum Gasteiger partial charge on any atom is -0.370 e. The van der Waals surface area contributed by atoms with Crippen molar-refractivity contribution in [1.82, 2.24) is 10.1 Å².